The van der Waals surface area contributed by atoms with Gasteiger partial charge in [0.1, 0.15) is 17.5 Å². The fourth-order valence-electron chi connectivity index (χ4n) is 4.19. The van der Waals surface area contributed by atoms with Crippen molar-refractivity contribution in [1.82, 2.24) is 15.0 Å². The van der Waals surface area contributed by atoms with Crippen LogP contribution >= 0.6 is 11.9 Å². The van der Waals surface area contributed by atoms with Gasteiger partial charge in [-0.2, -0.15) is 15.2 Å². The molecule has 0 unspecified atom stereocenters. The Balaban J connectivity index is 1.40. The summed E-state index contributed by atoms with van der Waals surface area (Å²) in [6, 6.07) is 11.1. The third-order valence-corrected chi connectivity index (χ3v) is 6.94. The Morgan fingerprint density at radius 3 is 2.67 bits per heavy atom. The number of fused-ring (bicyclic) bond motifs is 1. The van der Waals surface area contributed by atoms with E-state index in [9.17, 15) is 5.26 Å². The van der Waals surface area contributed by atoms with E-state index in [1.807, 2.05) is 11.9 Å². The highest BCUT2D eigenvalue weighted by Crippen LogP contribution is 2.31. The van der Waals surface area contributed by atoms with Crippen molar-refractivity contribution in [3.8, 4) is 6.07 Å². The van der Waals surface area contributed by atoms with Gasteiger partial charge >= 0.3 is 0 Å². The number of hydrogen-bond donors (Lipinski definition) is 3. The standard InChI is InChI=1S/C22H25N7S/c23-13-15-14-24-20-19(15)21(25-16-5-1-2-6-16)28-22(27-20)26-17-7-9-18(10-8-17)29-11-3-4-12-30-29/h7-10,14,16H,1-6,11-12H2,(H3,24,25,26,27,28). The molecule has 5 rings (SSSR count). The second-order valence-corrected chi connectivity index (χ2v) is 8.98. The van der Waals surface area contributed by atoms with Crippen molar-refractivity contribution in [2.24, 2.45) is 0 Å². The van der Waals surface area contributed by atoms with E-state index in [-0.39, 0.29) is 0 Å². The van der Waals surface area contributed by atoms with Crippen LogP contribution in [0.4, 0.5) is 23.1 Å². The lowest BCUT2D eigenvalue weighted by Gasteiger charge is -2.27. The van der Waals surface area contributed by atoms with Crippen molar-refractivity contribution >= 4 is 46.1 Å². The number of nitrogens with one attached hydrogen (secondary N) is 3. The molecule has 0 atom stereocenters. The van der Waals surface area contributed by atoms with Crippen LogP contribution in [0.3, 0.4) is 0 Å². The molecule has 1 saturated heterocycles. The molecule has 0 bridgehead atoms. The highest BCUT2D eigenvalue weighted by molar-refractivity contribution is 8.00. The van der Waals surface area contributed by atoms with E-state index in [2.05, 4.69) is 55.2 Å². The number of hydrogen-bond acceptors (Lipinski definition) is 7. The Morgan fingerprint density at radius 2 is 1.93 bits per heavy atom. The highest BCUT2D eigenvalue weighted by Gasteiger charge is 2.20. The molecule has 1 saturated carbocycles. The van der Waals surface area contributed by atoms with Crippen molar-refractivity contribution in [3.63, 3.8) is 0 Å². The predicted octanol–water partition coefficient (Wildman–Crippen LogP) is 5.18. The summed E-state index contributed by atoms with van der Waals surface area (Å²) in [5, 5.41) is 17.1. The molecule has 2 aromatic heterocycles. The first kappa shape index (κ1) is 19.1. The van der Waals surface area contributed by atoms with Crippen LogP contribution in [0, 0.1) is 11.3 Å². The van der Waals surface area contributed by atoms with Gasteiger partial charge in [0.05, 0.1) is 10.9 Å². The number of nitriles is 1. The zero-order chi connectivity index (χ0) is 20.3. The minimum Gasteiger partial charge on any atom is -0.367 e. The van der Waals surface area contributed by atoms with Gasteiger partial charge in [-0.05, 0) is 61.9 Å². The van der Waals surface area contributed by atoms with Gasteiger partial charge in [0, 0.05) is 35.9 Å². The van der Waals surface area contributed by atoms with Crippen LogP contribution in [0.5, 0.6) is 0 Å². The number of rotatable bonds is 5. The molecule has 2 aliphatic rings. The van der Waals surface area contributed by atoms with Crippen LogP contribution in [0.1, 0.15) is 44.1 Å². The molecule has 7 nitrogen and oxygen atoms in total. The minimum atomic E-state index is 0.402. The van der Waals surface area contributed by atoms with Gasteiger partial charge in [-0.15, -0.1) is 0 Å². The van der Waals surface area contributed by atoms with E-state index in [1.165, 1.54) is 37.1 Å². The van der Waals surface area contributed by atoms with Crippen molar-refractivity contribution in [2.45, 2.75) is 44.6 Å². The second kappa shape index (κ2) is 8.44. The third kappa shape index (κ3) is 3.90. The Bertz CT molecular complexity index is 1060. The van der Waals surface area contributed by atoms with Crippen LogP contribution in [-0.4, -0.2) is 33.3 Å². The number of anilines is 4. The summed E-state index contributed by atoms with van der Waals surface area (Å²) in [6.07, 6.45) is 8.98. The first-order valence-electron chi connectivity index (χ1n) is 10.6. The summed E-state index contributed by atoms with van der Waals surface area (Å²) >= 11 is 1.90. The van der Waals surface area contributed by atoms with Crippen LogP contribution in [0.15, 0.2) is 30.5 Å². The van der Waals surface area contributed by atoms with Crippen molar-refractivity contribution in [2.75, 3.05) is 27.2 Å². The topological polar surface area (TPSA) is 92.7 Å². The summed E-state index contributed by atoms with van der Waals surface area (Å²) < 4.78 is 2.36. The molecule has 3 aromatic rings. The van der Waals surface area contributed by atoms with E-state index < -0.39 is 0 Å². The number of benzene rings is 1. The molecule has 0 radical (unpaired) electrons. The summed E-state index contributed by atoms with van der Waals surface area (Å²) in [6.45, 7) is 1.10. The van der Waals surface area contributed by atoms with Crippen LogP contribution in [0.2, 0.25) is 0 Å². The van der Waals surface area contributed by atoms with E-state index in [0.717, 1.165) is 36.3 Å². The van der Waals surface area contributed by atoms with Gasteiger partial charge < -0.3 is 19.9 Å². The molecule has 30 heavy (non-hydrogen) atoms. The van der Waals surface area contributed by atoms with Crippen molar-refractivity contribution < 1.29 is 0 Å². The minimum absolute atomic E-state index is 0.402. The molecule has 0 spiro atoms. The average molecular weight is 420 g/mol. The molecule has 1 aliphatic carbocycles. The molecule has 2 fully saturated rings. The van der Waals surface area contributed by atoms with Crippen molar-refractivity contribution in [1.29, 1.82) is 5.26 Å². The SMILES string of the molecule is N#Cc1c[nH]c2nc(Nc3ccc(N4CCCCS4)cc3)nc(NC3CCCC3)c12. The van der Waals surface area contributed by atoms with Gasteiger partial charge in [-0.25, -0.2) is 0 Å². The molecule has 3 heterocycles. The maximum Gasteiger partial charge on any atom is 0.231 e. The number of H-pyrrole nitrogens is 1. The largest absolute Gasteiger partial charge is 0.367 e. The first-order valence-corrected chi connectivity index (χ1v) is 11.6. The lowest BCUT2D eigenvalue weighted by Crippen LogP contribution is -2.20. The third-order valence-electron chi connectivity index (χ3n) is 5.76. The van der Waals surface area contributed by atoms with Crippen LogP contribution in [-0.2, 0) is 0 Å². The second-order valence-electron chi connectivity index (χ2n) is 7.87. The molecule has 3 N–H and O–H groups in total. The van der Waals surface area contributed by atoms with E-state index >= 15 is 0 Å². The summed E-state index contributed by atoms with van der Waals surface area (Å²) in [4.78, 5) is 12.5. The maximum atomic E-state index is 9.47. The van der Waals surface area contributed by atoms with E-state index in [4.69, 9.17) is 4.98 Å². The average Bonchev–Trinajstić information content (AvgIpc) is 3.44. The highest BCUT2D eigenvalue weighted by atomic mass is 32.2. The van der Waals surface area contributed by atoms with E-state index in [1.54, 1.807) is 6.20 Å². The van der Waals surface area contributed by atoms with Crippen molar-refractivity contribution in [3.05, 3.63) is 36.0 Å². The van der Waals surface area contributed by atoms with E-state index in [0.29, 0.717) is 23.2 Å². The molecular weight excluding hydrogens is 394 g/mol. The Labute approximate surface area is 180 Å². The Morgan fingerprint density at radius 1 is 1.10 bits per heavy atom. The molecule has 0 amide bonds. The monoisotopic (exact) mass is 419 g/mol. The molecule has 1 aliphatic heterocycles. The summed E-state index contributed by atoms with van der Waals surface area (Å²) in [5.41, 5.74) is 3.42. The Hall–Kier alpha value is -2.92. The predicted molar refractivity (Wildman–Crippen MR) is 123 cm³/mol. The van der Waals surface area contributed by atoms with Gasteiger partial charge in [-0.3, -0.25) is 0 Å². The smallest absolute Gasteiger partial charge is 0.231 e. The number of nitrogens with zero attached hydrogens (tertiary/aromatic N) is 4. The Kier molecular flexibility index (Phi) is 5.37. The summed E-state index contributed by atoms with van der Waals surface area (Å²) in [5.74, 6) is 2.44. The maximum absolute atomic E-state index is 9.47. The molecule has 154 valence electrons. The lowest BCUT2D eigenvalue weighted by atomic mass is 10.2. The fourth-order valence-corrected chi connectivity index (χ4v) is 5.27. The molecule has 8 heteroatoms. The quantitative estimate of drug-likeness (QED) is 0.491. The zero-order valence-corrected chi connectivity index (χ0v) is 17.6. The number of aromatic amines is 1. The summed E-state index contributed by atoms with van der Waals surface area (Å²) in [7, 11) is 0. The number of aromatic nitrogens is 3. The van der Waals surface area contributed by atoms with Gasteiger partial charge in [0.2, 0.25) is 5.95 Å². The lowest BCUT2D eigenvalue weighted by molar-refractivity contribution is 0.752. The van der Waals surface area contributed by atoms with Gasteiger partial charge in [0.25, 0.3) is 0 Å². The first-order chi connectivity index (χ1) is 14.8. The fraction of sp³-hybridized carbons (Fsp3) is 0.409. The molecular formula is C22H25N7S. The van der Waals surface area contributed by atoms with Crippen LogP contribution < -0.4 is 14.9 Å². The normalized spacial score (nSPS) is 17.2. The van der Waals surface area contributed by atoms with Crippen LogP contribution in [0.25, 0.3) is 11.0 Å². The zero-order valence-electron chi connectivity index (χ0n) is 16.8. The van der Waals surface area contributed by atoms with Gasteiger partial charge in [-0.1, -0.05) is 12.8 Å². The molecule has 1 aromatic carbocycles. The van der Waals surface area contributed by atoms with Gasteiger partial charge in [0.15, 0.2) is 0 Å².